The summed E-state index contributed by atoms with van der Waals surface area (Å²) in [4.78, 5) is 5.41. The third-order valence-corrected chi connectivity index (χ3v) is 4.08. The van der Waals surface area contributed by atoms with Gasteiger partial charge in [-0.2, -0.15) is 0 Å². The molecule has 0 spiro atoms. The third kappa shape index (κ3) is 2.23. The lowest BCUT2D eigenvalue weighted by Crippen LogP contribution is -2.25. The Morgan fingerprint density at radius 1 is 1.12 bits per heavy atom. The summed E-state index contributed by atoms with van der Waals surface area (Å²) in [7, 11) is 0. The fourth-order valence-electron chi connectivity index (χ4n) is 2.20. The van der Waals surface area contributed by atoms with Gasteiger partial charge >= 0.3 is 6.92 Å². The first-order valence-corrected chi connectivity index (χ1v) is 6.59. The number of rotatable bonds is 2. The van der Waals surface area contributed by atoms with Crippen LogP contribution in [0.4, 0.5) is 0 Å². The van der Waals surface area contributed by atoms with Crippen molar-refractivity contribution < 1.29 is 10.0 Å². The van der Waals surface area contributed by atoms with Crippen LogP contribution in [0.15, 0.2) is 52.5 Å². The van der Waals surface area contributed by atoms with Crippen LogP contribution in [-0.4, -0.2) is 11.9 Å². The van der Waals surface area contributed by atoms with Crippen molar-refractivity contribution in [3.8, 4) is 0 Å². The van der Waals surface area contributed by atoms with Gasteiger partial charge in [0.15, 0.2) is 12.4 Å². The van der Waals surface area contributed by atoms with E-state index in [0.29, 0.717) is 0 Å². The monoisotopic (exact) mass is 242 g/mol. The second kappa shape index (κ2) is 4.55. The predicted octanol–water partition coefficient (Wildman–Crippen LogP) is 1.40. The molecule has 0 saturated heterocycles. The minimum absolute atomic E-state index is 0.269. The van der Waals surface area contributed by atoms with Gasteiger partial charge in [0.2, 0.25) is 0 Å². The minimum atomic E-state index is -0.269. The lowest BCUT2D eigenvalue weighted by molar-refractivity contribution is -0.378. The average Bonchev–Trinajstić information content (AvgIpc) is 2.73. The number of aryl methyl sites for hydroxylation is 1. The Morgan fingerprint density at radius 3 is 2.76 bits per heavy atom. The predicted molar refractivity (Wildman–Crippen MR) is 69.7 cm³/mol. The molecule has 2 heterocycles. The van der Waals surface area contributed by atoms with E-state index in [9.17, 15) is 5.02 Å². The molecule has 84 valence electrons. The molecule has 1 aromatic carbocycles. The SMILES string of the molecule is OB1CCc2ccc(Sc3cc[nH+]cc3)cc21. The number of hydrogen-bond acceptors (Lipinski definition) is 2. The van der Waals surface area contributed by atoms with Gasteiger partial charge < -0.3 is 5.02 Å². The van der Waals surface area contributed by atoms with Crippen molar-refractivity contribution in [2.45, 2.75) is 22.5 Å². The van der Waals surface area contributed by atoms with Gasteiger partial charge in [0.1, 0.15) is 0 Å². The van der Waals surface area contributed by atoms with E-state index in [1.165, 1.54) is 15.4 Å². The molecular formula is C13H13BNOS+. The molecule has 3 rings (SSSR count). The number of hydrogen-bond donors (Lipinski definition) is 1. The fourth-order valence-corrected chi connectivity index (χ4v) is 3.06. The number of aromatic nitrogens is 1. The standard InChI is InChI=1S/C13H12BNOS/c16-14-6-3-10-1-2-12(9-13(10)14)17-11-4-7-15-8-5-11/h1-2,4-5,7-9,16H,3,6H2/p+1. The number of fused-ring (bicyclic) bond motifs is 1. The highest BCUT2D eigenvalue weighted by atomic mass is 32.2. The molecule has 1 aliphatic rings. The minimum Gasteiger partial charge on any atom is -0.446 e. The second-order valence-corrected chi connectivity index (χ2v) is 5.40. The summed E-state index contributed by atoms with van der Waals surface area (Å²) in [5.41, 5.74) is 2.40. The normalized spacial score (nSPS) is 13.8. The Kier molecular flexibility index (Phi) is 2.91. The summed E-state index contributed by atoms with van der Waals surface area (Å²) in [5, 5.41) is 9.86. The summed E-state index contributed by atoms with van der Waals surface area (Å²) < 4.78 is 0. The molecule has 1 aromatic heterocycles. The molecular weight excluding hydrogens is 229 g/mol. The van der Waals surface area contributed by atoms with Gasteiger partial charge in [-0.3, -0.25) is 0 Å². The van der Waals surface area contributed by atoms with Crippen molar-refractivity contribution in [1.82, 2.24) is 0 Å². The lowest BCUT2D eigenvalue weighted by atomic mass is 9.63. The highest BCUT2D eigenvalue weighted by molar-refractivity contribution is 7.99. The molecule has 0 fully saturated rings. The highest BCUT2D eigenvalue weighted by Gasteiger charge is 2.24. The lowest BCUT2D eigenvalue weighted by Gasteiger charge is -2.05. The second-order valence-electron chi connectivity index (χ2n) is 4.25. The van der Waals surface area contributed by atoms with Gasteiger partial charge in [-0.25, -0.2) is 4.98 Å². The molecule has 2 nitrogen and oxygen atoms in total. The van der Waals surface area contributed by atoms with Gasteiger partial charge in [0.25, 0.3) is 0 Å². The molecule has 0 aliphatic carbocycles. The average molecular weight is 242 g/mol. The summed E-state index contributed by atoms with van der Waals surface area (Å²) in [6.45, 7) is -0.269. The van der Waals surface area contributed by atoms with Crippen LogP contribution in [0.3, 0.4) is 0 Å². The molecule has 0 bridgehead atoms. The van der Waals surface area contributed by atoms with Crippen LogP contribution >= 0.6 is 11.8 Å². The number of H-pyrrole nitrogens is 1. The van der Waals surface area contributed by atoms with Crippen molar-refractivity contribution in [3.05, 3.63) is 48.3 Å². The smallest absolute Gasteiger partial charge is 0.324 e. The zero-order chi connectivity index (χ0) is 11.7. The molecule has 4 heteroatoms. The Balaban J connectivity index is 1.88. The maximum absolute atomic E-state index is 9.86. The van der Waals surface area contributed by atoms with Gasteiger partial charge in [0, 0.05) is 21.9 Å². The van der Waals surface area contributed by atoms with Crippen LogP contribution in [0.5, 0.6) is 0 Å². The molecule has 0 amide bonds. The van der Waals surface area contributed by atoms with Crippen LogP contribution < -0.4 is 10.4 Å². The van der Waals surface area contributed by atoms with Crippen LogP contribution in [0.1, 0.15) is 5.56 Å². The van der Waals surface area contributed by atoms with Crippen molar-refractivity contribution >= 4 is 24.1 Å². The van der Waals surface area contributed by atoms with E-state index in [0.717, 1.165) is 18.2 Å². The Labute approximate surface area is 105 Å². The summed E-state index contributed by atoms with van der Waals surface area (Å²) in [6.07, 6.45) is 5.71. The molecule has 1 aliphatic heterocycles. The van der Waals surface area contributed by atoms with Crippen molar-refractivity contribution in [1.29, 1.82) is 0 Å². The van der Waals surface area contributed by atoms with Crippen LogP contribution in [0.25, 0.3) is 0 Å². The van der Waals surface area contributed by atoms with Crippen molar-refractivity contribution in [3.63, 3.8) is 0 Å². The summed E-state index contributed by atoms with van der Waals surface area (Å²) >= 11 is 1.72. The Morgan fingerprint density at radius 2 is 1.94 bits per heavy atom. The van der Waals surface area contributed by atoms with Gasteiger partial charge in [-0.1, -0.05) is 29.5 Å². The van der Waals surface area contributed by atoms with Crippen LogP contribution in [0, 0.1) is 0 Å². The topological polar surface area (TPSA) is 34.4 Å². The Bertz CT molecular complexity index is 532. The maximum atomic E-state index is 9.86. The van der Waals surface area contributed by atoms with E-state index < -0.39 is 0 Å². The fraction of sp³-hybridized carbons (Fsp3) is 0.154. The van der Waals surface area contributed by atoms with Gasteiger partial charge in [-0.15, -0.1) is 0 Å². The number of benzene rings is 1. The number of aromatic amines is 1. The first kappa shape index (κ1) is 10.9. The van der Waals surface area contributed by atoms with Crippen molar-refractivity contribution in [2.75, 3.05) is 0 Å². The van der Waals surface area contributed by atoms with E-state index >= 15 is 0 Å². The van der Waals surface area contributed by atoms with E-state index in [4.69, 9.17) is 0 Å². The number of pyridine rings is 1. The molecule has 2 aromatic rings. The zero-order valence-electron chi connectivity index (χ0n) is 9.39. The molecule has 0 saturated carbocycles. The first-order valence-electron chi connectivity index (χ1n) is 5.78. The van der Waals surface area contributed by atoms with E-state index in [1.54, 1.807) is 11.8 Å². The van der Waals surface area contributed by atoms with Gasteiger partial charge in [0.05, 0.1) is 0 Å². The van der Waals surface area contributed by atoms with E-state index in [2.05, 4.69) is 23.2 Å². The quantitative estimate of drug-likeness (QED) is 0.808. The number of nitrogens with one attached hydrogen (secondary N) is 1. The van der Waals surface area contributed by atoms with E-state index in [1.807, 2.05) is 24.5 Å². The first-order chi connectivity index (χ1) is 8.33. The van der Waals surface area contributed by atoms with Crippen molar-refractivity contribution in [2.24, 2.45) is 0 Å². The van der Waals surface area contributed by atoms with Crippen LogP contribution in [0.2, 0.25) is 6.32 Å². The molecule has 0 atom stereocenters. The van der Waals surface area contributed by atoms with Gasteiger partial charge in [-0.05, 0) is 24.3 Å². The molecule has 0 unspecified atom stereocenters. The molecule has 17 heavy (non-hydrogen) atoms. The highest BCUT2D eigenvalue weighted by Crippen LogP contribution is 2.27. The van der Waals surface area contributed by atoms with Crippen LogP contribution in [-0.2, 0) is 6.42 Å². The summed E-state index contributed by atoms with van der Waals surface area (Å²) in [6, 6.07) is 10.5. The maximum Gasteiger partial charge on any atom is 0.324 e. The van der Waals surface area contributed by atoms with E-state index in [-0.39, 0.29) is 6.92 Å². The zero-order valence-corrected chi connectivity index (χ0v) is 10.2. The summed E-state index contributed by atoms with van der Waals surface area (Å²) in [5.74, 6) is 0. The molecule has 2 N–H and O–H groups in total. The third-order valence-electron chi connectivity index (χ3n) is 3.09. The largest absolute Gasteiger partial charge is 0.446 e. The molecule has 0 radical (unpaired) electrons. The Hall–Kier alpha value is -1.26.